The Bertz CT molecular complexity index is 698. The summed E-state index contributed by atoms with van der Waals surface area (Å²) in [6.07, 6.45) is 0.235. The van der Waals surface area contributed by atoms with Gasteiger partial charge >= 0.3 is 11.9 Å². The van der Waals surface area contributed by atoms with Gasteiger partial charge in [-0.2, -0.15) is 0 Å². The van der Waals surface area contributed by atoms with Crippen LogP contribution in [0.15, 0.2) is 40.5 Å². The third-order valence-electron chi connectivity index (χ3n) is 3.21. The summed E-state index contributed by atoms with van der Waals surface area (Å²) in [6, 6.07) is 6.17. The molecule has 1 aromatic rings. The van der Waals surface area contributed by atoms with Crippen molar-refractivity contribution in [3.63, 3.8) is 0 Å². The lowest BCUT2D eigenvalue weighted by molar-refractivity contribution is -0.139. The second-order valence-electron chi connectivity index (χ2n) is 4.75. The number of hydrogen-bond acceptors (Lipinski definition) is 5. The molecule has 6 nitrogen and oxygen atoms in total. The quantitative estimate of drug-likeness (QED) is 0.661. The molecule has 0 saturated carbocycles. The van der Waals surface area contributed by atoms with Gasteiger partial charge in [-0.05, 0) is 31.5 Å². The highest BCUT2D eigenvalue weighted by atomic mass is 16.5. The van der Waals surface area contributed by atoms with E-state index in [1.54, 1.807) is 26.0 Å². The Kier molecular flexibility index (Phi) is 4.50. The molecule has 1 heterocycles. The molecule has 1 aromatic carbocycles. The van der Waals surface area contributed by atoms with Gasteiger partial charge in [0.05, 0.1) is 23.6 Å². The molecule has 0 saturated heterocycles. The number of carbonyl (C=O) groups excluding carboxylic acids is 2. The molecule has 0 amide bonds. The number of carbonyl (C=O) groups is 3. The van der Waals surface area contributed by atoms with Crippen LogP contribution < -0.4 is 0 Å². The smallest absolute Gasteiger partial charge is 0.344 e. The fraction of sp³-hybridized carbons (Fsp3) is 0.250. The van der Waals surface area contributed by atoms with Gasteiger partial charge in [-0.1, -0.05) is 12.1 Å². The van der Waals surface area contributed by atoms with Crippen molar-refractivity contribution in [2.24, 2.45) is 4.99 Å². The van der Waals surface area contributed by atoms with Crippen LogP contribution in [0.4, 0.5) is 0 Å². The van der Waals surface area contributed by atoms with Crippen molar-refractivity contribution in [2.75, 3.05) is 6.61 Å². The van der Waals surface area contributed by atoms with Gasteiger partial charge in [0.1, 0.15) is 5.57 Å². The second kappa shape index (κ2) is 6.34. The molecule has 0 bridgehead atoms. The summed E-state index contributed by atoms with van der Waals surface area (Å²) in [6.45, 7) is 3.44. The average Bonchev–Trinajstić information content (AvgIpc) is 2.74. The zero-order valence-corrected chi connectivity index (χ0v) is 12.3. The Morgan fingerprint density at radius 3 is 2.41 bits per heavy atom. The fourth-order valence-corrected chi connectivity index (χ4v) is 2.14. The molecule has 0 unspecified atom stereocenters. The molecule has 0 aliphatic carbocycles. The van der Waals surface area contributed by atoms with Gasteiger partial charge in [0.25, 0.3) is 0 Å². The third kappa shape index (κ3) is 3.11. The van der Waals surface area contributed by atoms with Gasteiger partial charge < -0.3 is 9.84 Å². The van der Waals surface area contributed by atoms with Crippen molar-refractivity contribution in [3.05, 3.63) is 46.7 Å². The number of ether oxygens (including phenoxy) is 1. The predicted molar refractivity (Wildman–Crippen MR) is 78.9 cm³/mol. The molecule has 0 atom stereocenters. The number of allylic oxidation sites excluding steroid dienone is 1. The van der Waals surface area contributed by atoms with Gasteiger partial charge in [0.15, 0.2) is 0 Å². The molecule has 0 spiro atoms. The molecule has 1 N–H and O–H groups in total. The Morgan fingerprint density at radius 1 is 1.23 bits per heavy atom. The lowest BCUT2D eigenvalue weighted by atomic mass is 10.0. The lowest BCUT2D eigenvalue weighted by Crippen LogP contribution is -2.21. The number of esters is 1. The Hall–Kier alpha value is -2.76. The number of Topliss-reactive ketones (excluding diaryl/α,β-unsaturated/α-hetero) is 1. The van der Waals surface area contributed by atoms with Crippen LogP contribution in [-0.4, -0.2) is 35.1 Å². The SMILES string of the molecule is CCOC(=O)C1=C(C)N=C(Cc2ccc(C(=O)O)cc2)C1=O. The molecule has 1 aliphatic rings. The van der Waals surface area contributed by atoms with E-state index in [0.717, 1.165) is 5.56 Å². The first-order valence-electron chi connectivity index (χ1n) is 6.76. The molecule has 22 heavy (non-hydrogen) atoms. The fourth-order valence-electron chi connectivity index (χ4n) is 2.14. The van der Waals surface area contributed by atoms with Crippen LogP contribution in [-0.2, 0) is 20.7 Å². The van der Waals surface area contributed by atoms with E-state index in [9.17, 15) is 14.4 Å². The first-order valence-corrected chi connectivity index (χ1v) is 6.76. The highest BCUT2D eigenvalue weighted by Crippen LogP contribution is 2.20. The number of aliphatic imine (C=N–C) groups is 1. The highest BCUT2D eigenvalue weighted by molar-refractivity contribution is 6.53. The Labute approximate surface area is 127 Å². The van der Waals surface area contributed by atoms with Crippen LogP contribution in [0.1, 0.15) is 29.8 Å². The highest BCUT2D eigenvalue weighted by Gasteiger charge is 2.31. The number of nitrogens with zero attached hydrogens (tertiary/aromatic N) is 1. The van der Waals surface area contributed by atoms with Crippen LogP contribution in [0.5, 0.6) is 0 Å². The summed E-state index contributed by atoms with van der Waals surface area (Å²) >= 11 is 0. The van der Waals surface area contributed by atoms with E-state index in [-0.39, 0.29) is 29.9 Å². The van der Waals surface area contributed by atoms with Crippen molar-refractivity contribution in [1.29, 1.82) is 0 Å². The topological polar surface area (TPSA) is 93.0 Å². The number of benzene rings is 1. The number of rotatable bonds is 5. The maximum atomic E-state index is 12.2. The van der Waals surface area contributed by atoms with E-state index < -0.39 is 17.7 Å². The molecular formula is C16H15NO5. The van der Waals surface area contributed by atoms with Crippen molar-refractivity contribution in [3.8, 4) is 0 Å². The minimum atomic E-state index is -1.01. The second-order valence-corrected chi connectivity index (χ2v) is 4.75. The minimum Gasteiger partial charge on any atom is -0.478 e. The van der Waals surface area contributed by atoms with Gasteiger partial charge in [0, 0.05) is 6.42 Å². The standard InChI is InChI=1S/C16H15NO5/c1-3-22-16(21)13-9(2)17-12(14(13)18)8-10-4-6-11(7-5-10)15(19)20/h4-7H,3,8H2,1-2H3,(H,19,20). The van der Waals surface area contributed by atoms with Gasteiger partial charge in [-0.3, -0.25) is 9.79 Å². The molecule has 1 aliphatic heterocycles. The van der Waals surface area contributed by atoms with Crippen LogP contribution in [0.25, 0.3) is 0 Å². The molecule has 0 radical (unpaired) electrons. The predicted octanol–water partition coefficient (Wildman–Crippen LogP) is 1.79. The summed E-state index contributed by atoms with van der Waals surface area (Å²) in [7, 11) is 0. The average molecular weight is 301 g/mol. The third-order valence-corrected chi connectivity index (χ3v) is 3.21. The molecule has 2 rings (SSSR count). The number of aromatic carboxylic acids is 1. The van der Waals surface area contributed by atoms with E-state index in [1.807, 2.05) is 0 Å². The zero-order chi connectivity index (χ0) is 16.3. The van der Waals surface area contributed by atoms with Crippen molar-refractivity contribution >= 4 is 23.4 Å². The van der Waals surface area contributed by atoms with Crippen molar-refractivity contribution in [1.82, 2.24) is 0 Å². The van der Waals surface area contributed by atoms with Gasteiger partial charge in [-0.15, -0.1) is 0 Å². The molecular weight excluding hydrogens is 286 g/mol. The molecule has 0 aromatic heterocycles. The lowest BCUT2D eigenvalue weighted by Gasteiger charge is -2.04. The van der Waals surface area contributed by atoms with Crippen molar-refractivity contribution in [2.45, 2.75) is 20.3 Å². The number of carboxylic acids is 1. The van der Waals surface area contributed by atoms with Gasteiger partial charge in [0.2, 0.25) is 5.78 Å². The summed E-state index contributed by atoms with van der Waals surface area (Å²) in [5.41, 5.74) is 1.49. The summed E-state index contributed by atoms with van der Waals surface area (Å²) in [4.78, 5) is 38.9. The Balaban J connectivity index is 2.13. The largest absolute Gasteiger partial charge is 0.478 e. The normalized spacial score (nSPS) is 14.1. The maximum absolute atomic E-state index is 12.2. The van der Waals surface area contributed by atoms with Crippen LogP contribution >= 0.6 is 0 Å². The minimum absolute atomic E-state index is 0.0287. The van der Waals surface area contributed by atoms with Crippen molar-refractivity contribution < 1.29 is 24.2 Å². The monoisotopic (exact) mass is 301 g/mol. The van der Waals surface area contributed by atoms with E-state index in [1.165, 1.54) is 12.1 Å². The number of ketones is 1. The van der Waals surface area contributed by atoms with E-state index >= 15 is 0 Å². The summed E-state index contributed by atoms with van der Waals surface area (Å²) in [5, 5.41) is 8.85. The first kappa shape index (κ1) is 15.6. The van der Waals surface area contributed by atoms with Crippen LogP contribution in [0, 0.1) is 0 Å². The van der Waals surface area contributed by atoms with Crippen LogP contribution in [0.2, 0.25) is 0 Å². The number of carboxylic acid groups (broad SMARTS) is 1. The Morgan fingerprint density at radius 2 is 1.86 bits per heavy atom. The van der Waals surface area contributed by atoms with E-state index in [4.69, 9.17) is 9.84 Å². The van der Waals surface area contributed by atoms with E-state index in [2.05, 4.69) is 4.99 Å². The van der Waals surface area contributed by atoms with E-state index in [0.29, 0.717) is 5.70 Å². The first-order chi connectivity index (χ1) is 10.4. The molecule has 114 valence electrons. The van der Waals surface area contributed by atoms with Crippen LogP contribution in [0.3, 0.4) is 0 Å². The molecule has 0 fully saturated rings. The summed E-state index contributed by atoms with van der Waals surface area (Å²) in [5.74, 6) is -2.11. The zero-order valence-electron chi connectivity index (χ0n) is 12.3. The molecule has 6 heteroatoms. The van der Waals surface area contributed by atoms with Gasteiger partial charge in [-0.25, -0.2) is 9.59 Å². The maximum Gasteiger partial charge on any atom is 0.344 e. The summed E-state index contributed by atoms with van der Waals surface area (Å²) < 4.78 is 4.85. The number of hydrogen-bond donors (Lipinski definition) is 1.